The Kier molecular flexibility index (Phi) is 21.6. The summed E-state index contributed by atoms with van der Waals surface area (Å²) in [5.74, 6) is 8.95. The van der Waals surface area contributed by atoms with E-state index in [4.69, 9.17) is 29.9 Å². The Hall–Kier alpha value is -18.1. The van der Waals surface area contributed by atoms with Gasteiger partial charge in [0.15, 0.2) is 29.1 Å². The summed E-state index contributed by atoms with van der Waals surface area (Å²) < 4.78 is 11.0. The zero-order valence-corrected chi connectivity index (χ0v) is 73.8. The van der Waals surface area contributed by atoms with Gasteiger partial charge in [0.25, 0.3) is 0 Å². The van der Waals surface area contributed by atoms with E-state index in [-0.39, 0.29) is 0 Å². The molecule has 0 saturated carbocycles. The first kappa shape index (κ1) is 81.6. The Morgan fingerprint density at radius 3 is 0.828 bits per heavy atom. The van der Waals surface area contributed by atoms with E-state index in [1.807, 2.05) is 174 Å². The second-order valence-electron chi connectivity index (χ2n) is 32.6. The van der Waals surface area contributed by atoms with Gasteiger partial charge in [-0.25, -0.2) is 44.9 Å². The van der Waals surface area contributed by atoms with Crippen LogP contribution in [-0.4, -0.2) is 92.6 Å². The van der Waals surface area contributed by atoms with Crippen molar-refractivity contribution >= 4 is 120 Å². The molecule has 0 amide bonds. The van der Waals surface area contributed by atoms with Crippen LogP contribution in [0.4, 0.5) is 0 Å². The number of hydrogen-bond acceptors (Lipinski definition) is 14. The van der Waals surface area contributed by atoms with Gasteiger partial charge in [-0.1, -0.05) is 303 Å². The predicted molar refractivity (Wildman–Crippen MR) is 541 cm³/mol. The third kappa shape index (κ3) is 15.7. The van der Waals surface area contributed by atoms with Gasteiger partial charge in [-0.15, -0.1) is 0 Å². The predicted octanol–water partition coefficient (Wildman–Crippen LogP) is 26.5. The number of nitrogens with zero attached hydrogens (tertiary/aromatic N) is 19. The molecule has 0 N–H and O–H groups in total. The summed E-state index contributed by atoms with van der Waals surface area (Å²) in [6.45, 7) is 9.56. The first-order valence-corrected chi connectivity index (χ1v) is 44.4. The van der Waals surface area contributed by atoms with Crippen molar-refractivity contribution < 1.29 is 0 Å². The molecule has 0 aliphatic heterocycles. The van der Waals surface area contributed by atoms with Crippen molar-refractivity contribution in [3.63, 3.8) is 0 Å². The van der Waals surface area contributed by atoms with Crippen molar-refractivity contribution in [1.82, 2.24) is 92.6 Å². The summed E-state index contributed by atoms with van der Waals surface area (Å²) in [7, 11) is 0. The smallest absolute Gasteiger partial charge is 0.239 e. The Balaban J connectivity index is 0.000000100. The van der Waals surface area contributed by atoms with Crippen molar-refractivity contribution in [2.24, 2.45) is 0 Å². The molecule has 26 aromatic rings. The lowest BCUT2D eigenvalue weighted by atomic mass is 10.1. The van der Waals surface area contributed by atoms with E-state index in [2.05, 4.69) is 336 Å². The third-order valence-electron chi connectivity index (χ3n) is 23.9. The Morgan fingerprint density at radius 1 is 0.164 bits per heavy atom. The van der Waals surface area contributed by atoms with Crippen molar-refractivity contribution in [2.75, 3.05) is 0 Å². The SMILES string of the molecule is Cc1nc(-c2ccccc2)nc(-c2ccc3c(c2)c2ccccc2n3-c2ccccc2)n1.Cc1nc(-c2ccccc2)nc(-c2cccc(-n3c4ccccc4c4ccccc43)c2)n1.Cc1nc(-c2ccccc2)nc(-n2c3ccccc3c3ccccc32)n1.Cc1nc(-n2c3ccccc3c3ccccc32)nc(-n2c3ccccc3c3ccccc32)n1.Cc1ncc2ccccc2n1. The van der Waals surface area contributed by atoms with Crippen LogP contribution >= 0.6 is 0 Å². The van der Waals surface area contributed by atoms with Gasteiger partial charge in [0.2, 0.25) is 17.8 Å². The van der Waals surface area contributed by atoms with E-state index in [9.17, 15) is 0 Å². The minimum absolute atomic E-state index is 0.622. The van der Waals surface area contributed by atoms with E-state index in [0.29, 0.717) is 70.3 Å². The number of aryl methyl sites for hydroxylation is 5. The van der Waals surface area contributed by atoms with Crippen LogP contribution in [0.2, 0.25) is 0 Å². The largest absolute Gasteiger partial charge is 0.309 e. The van der Waals surface area contributed by atoms with E-state index in [1.54, 1.807) is 0 Å². The highest BCUT2D eigenvalue weighted by Crippen LogP contribution is 2.40. The maximum Gasteiger partial charge on any atom is 0.239 e. The quantitative estimate of drug-likeness (QED) is 0.125. The molecule has 19 heteroatoms. The molecule has 0 unspecified atom stereocenters. The molecule has 638 valence electrons. The van der Waals surface area contributed by atoms with Gasteiger partial charge in [0, 0.05) is 105 Å². The van der Waals surface area contributed by atoms with Crippen LogP contribution in [0.15, 0.2) is 413 Å². The van der Waals surface area contributed by atoms with E-state index >= 15 is 0 Å². The lowest BCUT2D eigenvalue weighted by Gasteiger charge is -2.11. The van der Waals surface area contributed by atoms with Crippen molar-refractivity contribution in [2.45, 2.75) is 34.6 Å². The van der Waals surface area contributed by atoms with Crippen molar-refractivity contribution in [1.29, 1.82) is 0 Å². The number of aromatic nitrogens is 19. The average Bonchev–Trinajstić information content (AvgIpc) is 1.60. The molecule has 0 aliphatic rings. The molecule has 0 radical (unpaired) electrons. The number of rotatable bonds is 10. The van der Waals surface area contributed by atoms with Crippen LogP contribution in [0.3, 0.4) is 0 Å². The fourth-order valence-corrected chi connectivity index (χ4v) is 18.0. The molecule has 10 heterocycles. The first-order valence-electron chi connectivity index (χ1n) is 44.4. The molecule has 0 bridgehead atoms. The molecular formula is C115H83N19. The number of hydrogen-bond donors (Lipinski definition) is 0. The molecule has 0 fully saturated rings. The summed E-state index contributed by atoms with van der Waals surface area (Å²) in [6, 6.07) is 139. The topological polar surface area (TPSA) is 205 Å². The van der Waals surface area contributed by atoms with Crippen molar-refractivity contribution in [3.8, 4) is 86.2 Å². The molecule has 10 aromatic heterocycles. The maximum absolute atomic E-state index is 5.02. The summed E-state index contributed by atoms with van der Waals surface area (Å²) >= 11 is 0. The lowest BCUT2D eigenvalue weighted by Crippen LogP contribution is -2.10. The monoisotopic (exact) mass is 1730 g/mol. The lowest BCUT2D eigenvalue weighted by molar-refractivity contribution is 0.855. The normalized spacial score (nSPS) is 11.3. The molecule has 0 atom stereocenters. The summed E-state index contributed by atoms with van der Waals surface area (Å²) in [5.41, 5.74) is 19.4. The minimum Gasteiger partial charge on any atom is -0.309 e. The minimum atomic E-state index is 0.622. The van der Waals surface area contributed by atoms with Gasteiger partial charge in [-0.3, -0.25) is 13.7 Å². The zero-order valence-electron chi connectivity index (χ0n) is 73.8. The Bertz CT molecular complexity index is 8570. The van der Waals surface area contributed by atoms with E-state index in [1.165, 1.54) is 70.4 Å². The molecule has 19 nitrogen and oxygen atoms in total. The van der Waals surface area contributed by atoms with Crippen LogP contribution in [0, 0.1) is 34.6 Å². The van der Waals surface area contributed by atoms with Crippen LogP contribution < -0.4 is 0 Å². The van der Waals surface area contributed by atoms with Gasteiger partial charge >= 0.3 is 0 Å². The first-order chi connectivity index (χ1) is 66.0. The van der Waals surface area contributed by atoms with Gasteiger partial charge < -0.3 is 9.13 Å². The summed E-state index contributed by atoms with van der Waals surface area (Å²) in [5, 5.41) is 13.1. The second kappa shape index (κ2) is 35.5. The third-order valence-corrected chi connectivity index (χ3v) is 23.9. The average molecular weight is 1730 g/mol. The Morgan fingerprint density at radius 2 is 0.433 bits per heavy atom. The molecular weight excluding hydrogens is 1650 g/mol. The van der Waals surface area contributed by atoms with E-state index < -0.39 is 0 Å². The zero-order chi connectivity index (χ0) is 90.1. The molecule has 26 rings (SSSR count). The number of para-hydroxylation sites is 11. The molecule has 134 heavy (non-hydrogen) atoms. The van der Waals surface area contributed by atoms with Crippen LogP contribution in [0.5, 0.6) is 0 Å². The van der Waals surface area contributed by atoms with Crippen LogP contribution in [0.25, 0.3) is 206 Å². The molecule has 0 spiro atoms. The van der Waals surface area contributed by atoms with Gasteiger partial charge in [0.05, 0.1) is 60.7 Å². The molecule has 16 aromatic carbocycles. The fourth-order valence-electron chi connectivity index (χ4n) is 18.0. The van der Waals surface area contributed by atoms with Crippen molar-refractivity contribution in [3.05, 3.63) is 442 Å². The number of fused-ring (bicyclic) bond motifs is 16. The highest BCUT2D eigenvalue weighted by molar-refractivity contribution is 6.13. The molecule has 0 aliphatic carbocycles. The van der Waals surface area contributed by atoms with Gasteiger partial charge in [0.1, 0.15) is 29.1 Å². The standard InChI is InChI=1S/C28H19N5.2C28H20N4.C22H16N4.C9H8N2/c1-18-29-27(32-23-14-6-2-10-19(23)20-11-3-7-15-24(20)32)31-28(30-18)33-25-16-8-4-12-21(25)22-13-5-9-17-26(22)33;1-19-29-27(20-10-4-2-5-11-20)31-28(30-19)21-16-17-26-24(18-21)23-14-8-9-15-25(23)32(26)22-12-6-3-7-13-22;1-19-29-27(20-10-3-2-4-11-20)31-28(30-19)21-12-9-13-22(18-21)32-25-16-7-5-14-23(25)24-15-6-8-17-26(24)32;1-15-23-21(16-9-3-2-4-10-16)25-22(24-15)26-19-13-7-5-11-17(19)18-12-6-8-14-20(18)26;1-7-10-6-8-4-2-3-5-9(8)11-7/h2-17H,1H3;2*2-18H,1H3;2-14H,1H3;2-6H,1H3. The summed E-state index contributed by atoms with van der Waals surface area (Å²) in [4.78, 5) is 64.9. The van der Waals surface area contributed by atoms with Crippen LogP contribution in [0.1, 0.15) is 29.1 Å². The highest BCUT2D eigenvalue weighted by Gasteiger charge is 2.23. The molecule has 0 saturated heterocycles. The highest BCUT2D eigenvalue weighted by atomic mass is 15.3. The van der Waals surface area contributed by atoms with Gasteiger partial charge in [-0.05, 0) is 138 Å². The fraction of sp³-hybridized carbons (Fsp3) is 0.0435. The number of benzene rings is 16. The van der Waals surface area contributed by atoms with E-state index in [0.717, 1.165) is 94.5 Å². The maximum atomic E-state index is 5.02. The van der Waals surface area contributed by atoms with Gasteiger partial charge in [-0.2, -0.15) is 24.9 Å². The Labute approximate surface area is 770 Å². The second-order valence-corrected chi connectivity index (χ2v) is 32.6. The summed E-state index contributed by atoms with van der Waals surface area (Å²) in [6.07, 6.45) is 1.84. The van der Waals surface area contributed by atoms with Crippen LogP contribution in [-0.2, 0) is 0 Å².